The number of fused-ring (bicyclic) bond motifs is 2. The third kappa shape index (κ3) is 4.86. The third-order valence-electron chi connectivity index (χ3n) is 6.64. The van der Waals surface area contributed by atoms with Crippen LogP contribution in [0.1, 0.15) is 23.2 Å². The Kier molecular flexibility index (Phi) is 6.32. The van der Waals surface area contributed by atoms with Gasteiger partial charge in [0.15, 0.2) is 5.65 Å². The fraction of sp³-hybridized carbons (Fsp3) is 0.133. The minimum absolute atomic E-state index is 0.155. The van der Waals surface area contributed by atoms with E-state index in [-0.39, 0.29) is 29.0 Å². The molecule has 6 aromatic rings. The Morgan fingerprint density at radius 3 is 2.59 bits per heavy atom. The van der Waals surface area contributed by atoms with Crippen molar-refractivity contribution < 1.29 is 13.6 Å². The molecule has 0 aliphatic rings. The summed E-state index contributed by atoms with van der Waals surface area (Å²) in [6.45, 7) is 2.00. The third-order valence-corrected chi connectivity index (χ3v) is 6.64. The van der Waals surface area contributed by atoms with Crippen molar-refractivity contribution in [2.24, 2.45) is 0 Å². The van der Waals surface area contributed by atoms with Crippen molar-refractivity contribution in [3.8, 4) is 11.3 Å². The van der Waals surface area contributed by atoms with E-state index in [0.29, 0.717) is 29.2 Å². The number of pyridine rings is 1. The first kappa shape index (κ1) is 24.4. The standard InChI is InChI=1S/C30H24F2N6O/c1-19-28-25(29(31)32)14-26(21-9-3-2-4-10-21)35-30(28)38(36-19)18-27(39)34-23-15-33-37(17-23)16-22-12-7-11-20-8-5-6-13-24(20)22/h2-15,17,29H,16,18H2,1H3,(H,34,39). The van der Waals surface area contributed by atoms with Gasteiger partial charge in [0.1, 0.15) is 6.54 Å². The molecule has 3 aromatic heterocycles. The van der Waals surface area contributed by atoms with Crippen LogP contribution in [-0.4, -0.2) is 30.5 Å². The van der Waals surface area contributed by atoms with Crippen LogP contribution in [0.4, 0.5) is 14.5 Å². The van der Waals surface area contributed by atoms with E-state index in [2.05, 4.69) is 44.8 Å². The number of hydrogen-bond acceptors (Lipinski definition) is 4. The molecule has 39 heavy (non-hydrogen) atoms. The molecule has 9 heteroatoms. The van der Waals surface area contributed by atoms with Crippen LogP contribution in [0, 0.1) is 6.92 Å². The van der Waals surface area contributed by atoms with E-state index in [1.165, 1.54) is 10.7 Å². The molecule has 0 bridgehead atoms. The predicted molar refractivity (Wildman–Crippen MR) is 147 cm³/mol. The Labute approximate surface area is 222 Å². The van der Waals surface area contributed by atoms with Crippen LogP contribution in [0.25, 0.3) is 33.1 Å². The average molecular weight is 523 g/mol. The number of anilines is 1. The molecule has 7 nitrogen and oxygen atoms in total. The first-order valence-electron chi connectivity index (χ1n) is 12.5. The summed E-state index contributed by atoms with van der Waals surface area (Å²) < 4.78 is 31.2. The molecule has 0 atom stereocenters. The molecule has 0 spiro atoms. The Balaban J connectivity index is 1.24. The Hall–Kier alpha value is -4.92. The molecule has 1 amide bonds. The molecule has 3 heterocycles. The van der Waals surface area contributed by atoms with Gasteiger partial charge in [-0.2, -0.15) is 10.2 Å². The van der Waals surface area contributed by atoms with E-state index in [0.717, 1.165) is 16.3 Å². The number of carbonyl (C=O) groups excluding carboxylic acids is 1. The number of amides is 1. The highest BCUT2D eigenvalue weighted by atomic mass is 19.3. The maximum atomic E-state index is 14.0. The zero-order chi connectivity index (χ0) is 26.9. The van der Waals surface area contributed by atoms with E-state index in [4.69, 9.17) is 0 Å². The summed E-state index contributed by atoms with van der Waals surface area (Å²) in [6.07, 6.45) is 0.624. The van der Waals surface area contributed by atoms with Crippen LogP contribution >= 0.6 is 0 Å². The molecule has 0 unspecified atom stereocenters. The molecule has 0 saturated heterocycles. The molecule has 0 aliphatic heterocycles. The topological polar surface area (TPSA) is 77.6 Å². The van der Waals surface area contributed by atoms with Gasteiger partial charge in [0.2, 0.25) is 5.91 Å². The van der Waals surface area contributed by atoms with Gasteiger partial charge in [-0.15, -0.1) is 0 Å². The molecular formula is C30H24F2N6O. The lowest BCUT2D eigenvalue weighted by Crippen LogP contribution is -2.19. The molecule has 6 rings (SSSR count). The molecule has 0 fully saturated rings. The molecule has 0 saturated carbocycles. The minimum atomic E-state index is -2.71. The fourth-order valence-corrected chi connectivity index (χ4v) is 4.88. The van der Waals surface area contributed by atoms with Gasteiger partial charge in [-0.05, 0) is 29.3 Å². The maximum Gasteiger partial charge on any atom is 0.264 e. The quantitative estimate of drug-likeness (QED) is 0.264. The van der Waals surface area contributed by atoms with Crippen molar-refractivity contribution >= 4 is 33.4 Å². The summed E-state index contributed by atoms with van der Waals surface area (Å²) in [7, 11) is 0. The number of carbonyl (C=O) groups is 1. The summed E-state index contributed by atoms with van der Waals surface area (Å²) >= 11 is 0. The van der Waals surface area contributed by atoms with E-state index < -0.39 is 6.43 Å². The van der Waals surface area contributed by atoms with Crippen LogP contribution in [0.3, 0.4) is 0 Å². The van der Waals surface area contributed by atoms with Crippen LogP contribution in [0.5, 0.6) is 0 Å². The smallest absolute Gasteiger partial charge is 0.264 e. The van der Waals surface area contributed by atoms with Crippen LogP contribution in [0.2, 0.25) is 0 Å². The van der Waals surface area contributed by atoms with E-state index >= 15 is 0 Å². The summed E-state index contributed by atoms with van der Waals surface area (Å²) in [5.41, 5.74) is 3.22. The van der Waals surface area contributed by atoms with Crippen molar-refractivity contribution in [1.29, 1.82) is 0 Å². The summed E-state index contributed by atoms with van der Waals surface area (Å²) in [5.74, 6) is -0.366. The van der Waals surface area contributed by atoms with Crippen LogP contribution in [0.15, 0.2) is 91.3 Å². The van der Waals surface area contributed by atoms with Crippen molar-refractivity contribution in [1.82, 2.24) is 24.5 Å². The van der Waals surface area contributed by atoms with Crippen molar-refractivity contribution in [2.75, 3.05) is 5.32 Å². The number of nitrogens with zero attached hydrogens (tertiary/aromatic N) is 5. The highest BCUT2D eigenvalue weighted by Gasteiger charge is 2.22. The zero-order valence-corrected chi connectivity index (χ0v) is 21.1. The monoisotopic (exact) mass is 522 g/mol. The van der Waals surface area contributed by atoms with Gasteiger partial charge in [0.25, 0.3) is 6.43 Å². The molecule has 3 aromatic carbocycles. The lowest BCUT2D eigenvalue weighted by atomic mass is 10.0. The predicted octanol–water partition coefficient (Wildman–Crippen LogP) is 6.38. The minimum Gasteiger partial charge on any atom is -0.322 e. The largest absolute Gasteiger partial charge is 0.322 e. The van der Waals surface area contributed by atoms with Crippen LogP contribution in [-0.2, 0) is 17.9 Å². The molecule has 194 valence electrons. The second-order valence-corrected chi connectivity index (χ2v) is 9.32. The molecule has 1 N–H and O–H groups in total. The Morgan fingerprint density at radius 2 is 1.77 bits per heavy atom. The SMILES string of the molecule is Cc1nn(CC(=O)Nc2cnn(Cc3cccc4ccccc34)c2)c2nc(-c3ccccc3)cc(C(F)F)c12. The van der Waals surface area contributed by atoms with Gasteiger partial charge >= 0.3 is 0 Å². The first-order chi connectivity index (χ1) is 19.0. The van der Waals surface area contributed by atoms with Gasteiger partial charge in [0.05, 0.1) is 35.2 Å². The highest BCUT2D eigenvalue weighted by Crippen LogP contribution is 2.33. The average Bonchev–Trinajstić information content (AvgIpc) is 3.51. The van der Waals surface area contributed by atoms with E-state index in [1.807, 2.05) is 36.4 Å². The number of aryl methyl sites for hydroxylation is 1. The number of benzene rings is 3. The second kappa shape index (κ2) is 10.1. The summed E-state index contributed by atoms with van der Waals surface area (Å²) in [6, 6.07) is 24.8. The Morgan fingerprint density at radius 1 is 1.00 bits per heavy atom. The summed E-state index contributed by atoms with van der Waals surface area (Å²) in [4.78, 5) is 17.6. The number of rotatable bonds is 7. The van der Waals surface area contributed by atoms with Gasteiger partial charge in [0, 0.05) is 17.3 Å². The number of alkyl halides is 2. The maximum absolute atomic E-state index is 14.0. The van der Waals surface area contributed by atoms with Crippen molar-refractivity contribution in [3.63, 3.8) is 0 Å². The summed E-state index contributed by atoms with van der Waals surface area (Å²) in [5, 5.41) is 14.2. The lowest BCUT2D eigenvalue weighted by molar-refractivity contribution is -0.116. The molecule has 0 aliphatic carbocycles. The van der Waals surface area contributed by atoms with Gasteiger partial charge in [-0.1, -0.05) is 72.8 Å². The van der Waals surface area contributed by atoms with Crippen molar-refractivity contribution in [2.45, 2.75) is 26.4 Å². The number of hydrogen-bond donors (Lipinski definition) is 1. The number of nitrogens with one attached hydrogen (secondary N) is 1. The van der Waals surface area contributed by atoms with Gasteiger partial charge < -0.3 is 5.32 Å². The molecule has 0 radical (unpaired) electrons. The first-order valence-corrected chi connectivity index (χ1v) is 12.5. The Bertz CT molecular complexity index is 1800. The molecular weight excluding hydrogens is 498 g/mol. The van der Waals surface area contributed by atoms with Crippen LogP contribution < -0.4 is 5.32 Å². The normalized spacial score (nSPS) is 11.5. The number of aromatic nitrogens is 5. The van der Waals surface area contributed by atoms with E-state index in [1.54, 1.807) is 36.1 Å². The van der Waals surface area contributed by atoms with Gasteiger partial charge in [-0.3, -0.25) is 9.48 Å². The second-order valence-electron chi connectivity index (χ2n) is 9.32. The fourth-order valence-electron chi connectivity index (χ4n) is 4.88. The highest BCUT2D eigenvalue weighted by molar-refractivity contribution is 5.92. The van der Waals surface area contributed by atoms with Crippen molar-refractivity contribution in [3.05, 3.63) is 108 Å². The zero-order valence-electron chi connectivity index (χ0n) is 21.1. The van der Waals surface area contributed by atoms with Gasteiger partial charge in [-0.25, -0.2) is 18.4 Å². The number of halogens is 2. The van der Waals surface area contributed by atoms with E-state index in [9.17, 15) is 13.6 Å². The lowest BCUT2D eigenvalue weighted by Gasteiger charge is -2.09.